The Morgan fingerprint density at radius 2 is 1.75 bits per heavy atom. The number of benzene rings is 2. The summed E-state index contributed by atoms with van der Waals surface area (Å²) in [6.07, 6.45) is 0. The standard InChI is InChI=1S/C22H16ClN3O4S2/c23-12-6-8-13(9-7-12)24-14(27)10-26-21-18(32-22(26)30)15(11-4-2-1-3-5-11)16-17(31-21)20(29)25-19(16)28/h1-9,15-17H,10H2,(H,24,27)(H,25,28,29)/t15-,16+,17-/m0/s1. The monoisotopic (exact) mass is 485 g/mol. The molecular formula is C22H16ClN3O4S2. The number of hydrogen-bond donors (Lipinski definition) is 2. The smallest absolute Gasteiger partial charge is 0.308 e. The molecule has 2 aromatic carbocycles. The van der Waals surface area contributed by atoms with Crippen molar-refractivity contribution in [3.8, 4) is 0 Å². The summed E-state index contributed by atoms with van der Waals surface area (Å²) in [5.74, 6) is -2.10. The molecule has 3 aromatic rings. The van der Waals surface area contributed by atoms with Gasteiger partial charge in [-0.2, -0.15) is 0 Å². The van der Waals surface area contributed by atoms with Crippen LogP contribution < -0.4 is 15.5 Å². The number of carbonyl (C=O) groups excluding carboxylic acids is 3. The van der Waals surface area contributed by atoms with Gasteiger partial charge in [-0.25, -0.2) is 0 Å². The lowest BCUT2D eigenvalue weighted by atomic mass is 9.83. The van der Waals surface area contributed by atoms with E-state index in [1.807, 2.05) is 30.3 Å². The van der Waals surface area contributed by atoms with Crippen molar-refractivity contribution in [2.45, 2.75) is 22.7 Å². The molecule has 3 atom stereocenters. The van der Waals surface area contributed by atoms with Crippen LogP contribution in [0.5, 0.6) is 0 Å². The summed E-state index contributed by atoms with van der Waals surface area (Å²) in [4.78, 5) is 51.0. The molecule has 1 saturated heterocycles. The molecule has 2 aliphatic rings. The zero-order valence-electron chi connectivity index (χ0n) is 16.4. The summed E-state index contributed by atoms with van der Waals surface area (Å²) in [7, 11) is 0. The third kappa shape index (κ3) is 3.66. The predicted octanol–water partition coefficient (Wildman–Crippen LogP) is 3.08. The minimum Gasteiger partial charge on any atom is -0.325 e. The van der Waals surface area contributed by atoms with E-state index in [1.165, 1.54) is 16.3 Å². The second kappa shape index (κ2) is 8.23. The number of nitrogens with one attached hydrogen (secondary N) is 2. The van der Waals surface area contributed by atoms with Gasteiger partial charge in [0.05, 0.1) is 10.9 Å². The van der Waals surface area contributed by atoms with Gasteiger partial charge in [0.25, 0.3) is 0 Å². The van der Waals surface area contributed by atoms with Gasteiger partial charge in [0.1, 0.15) is 11.8 Å². The Hall–Kier alpha value is -2.88. The summed E-state index contributed by atoms with van der Waals surface area (Å²) in [5, 5.41) is 5.63. The molecule has 0 spiro atoms. The second-order valence-corrected chi connectivity index (χ2v) is 10.0. The van der Waals surface area contributed by atoms with E-state index in [0.717, 1.165) is 16.9 Å². The summed E-state index contributed by atoms with van der Waals surface area (Å²) < 4.78 is 1.39. The van der Waals surface area contributed by atoms with E-state index in [9.17, 15) is 19.2 Å². The van der Waals surface area contributed by atoms with Gasteiger partial charge in [0, 0.05) is 21.5 Å². The highest BCUT2D eigenvalue weighted by molar-refractivity contribution is 8.00. The molecule has 3 amide bonds. The lowest BCUT2D eigenvalue weighted by molar-refractivity contribution is -0.126. The largest absolute Gasteiger partial charge is 0.325 e. The number of halogens is 1. The molecule has 5 rings (SSSR count). The SMILES string of the molecule is O=C(Cn1c2c(sc1=O)[C@@H](c1ccccc1)[C@H]1C(=O)NC(=O)[C@H]1S2)Nc1ccc(Cl)cc1. The van der Waals surface area contributed by atoms with Crippen molar-refractivity contribution in [1.29, 1.82) is 0 Å². The first kappa shape index (κ1) is 21.0. The first-order valence-corrected chi connectivity index (χ1v) is 11.8. The van der Waals surface area contributed by atoms with Crippen LogP contribution in [0.4, 0.5) is 5.69 Å². The first-order valence-electron chi connectivity index (χ1n) is 9.77. The van der Waals surface area contributed by atoms with Crippen LogP contribution in [0.25, 0.3) is 0 Å². The molecule has 7 nitrogen and oxygen atoms in total. The van der Waals surface area contributed by atoms with Crippen LogP contribution in [0.3, 0.4) is 0 Å². The topological polar surface area (TPSA) is 97.3 Å². The third-order valence-corrected chi connectivity index (χ3v) is 8.34. The van der Waals surface area contributed by atoms with Crippen LogP contribution in [0, 0.1) is 5.92 Å². The van der Waals surface area contributed by atoms with Crippen molar-refractivity contribution in [2.24, 2.45) is 5.92 Å². The fourth-order valence-electron chi connectivity index (χ4n) is 4.07. The number of anilines is 1. The van der Waals surface area contributed by atoms with E-state index < -0.39 is 17.1 Å². The van der Waals surface area contributed by atoms with E-state index in [-0.39, 0.29) is 29.1 Å². The normalized spacial score (nSPS) is 21.6. The van der Waals surface area contributed by atoms with Crippen LogP contribution in [0.15, 0.2) is 64.4 Å². The van der Waals surface area contributed by atoms with Crippen molar-refractivity contribution >= 4 is 58.1 Å². The van der Waals surface area contributed by atoms with Crippen LogP contribution in [0.1, 0.15) is 16.4 Å². The predicted molar refractivity (Wildman–Crippen MR) is 123 cm³/mol. The minimum atomic E-state index is -0.653. The van der Waals surface area contributed by atoms with E-state index in [2.05, 4.69) is 10.6 Å². The number of amides is 3. The number of nitrogens with zero attached hydrogens (tertiary/aromatic N) is 1. The van der Waals surface area contributed by atoms with Gasteiger partial charge in [-0.3, -0.25) is 29.1 Å². The zero-order valence-corrected chi connectivity index (χ0v) is 18.8. The maximum absolute atomic E-state index is 12.9. The molecule has 32 heavy (non-hydrogen) atoms. The summed E-state index contributed by atoms with van der Waals surface area (Å²) in [6, 6.07) is 16.0. The molecule has 1 aromatic heterocycles. The van der Waals surface area contributed by atoms with E-state index >= 15 is 0 Å². The summed E-state index contributed by atoms with van der Waals surface area (Å²) in [6.45, 7) is -0.200. The van der Waals surface area contributed by atoms with E-state index in [1.54, 1.807) is 24.3 Å². The molecule has 2 N–H and O–H groups in total. The number of imide groups is 1. The Morgan fingerprint density at radius 3 is 2.47 bits per heavy atom. The van der Waals surface area contributed by atoms with Crippen molar-refractivity contribution in [2.75, 3.05) is 5.32 Å². The van der Waals surface area contributed by atoms with Crippen LogP contribution >= 0.6 is 34.7 Å². The molecule has 162 valence electrons. The zero-order chi connectivity index (χ0) is 22.4. The second-order valence-electron chi connectivity index (χ2n) is 7.48. The number of fused-ring (bicyclic) bond motifs is 2. The molecule has 1 fully saturated rings. The number of aromatic nitrogens is 1. The van der Waals surface area contributed by atoms with E-state index in [0.29, 0.717) is 20.6 Å². The Labute approximate surface area is 195 Å². The first-order chi connectivity index (χ1) is 15.4. The quantitative estimate of drug-likeness (QED) is 0.553. The highest BCUT2D eigenvalue weighted by atomic mass is 35.5. The molecule has 0 saturated carbocycles. The molecule has 0 radical (unpaired) electrons. The third-order valence-electron chi connectivity index (χ3n) is 5.48. The highest BCUT2D eigenvalue weighted by Crippen LogP contribution is 2.51. The van der Waals surface area contributed by atoms with Crippen molar-refractivity contribution in [1.82, 2.24) is 9.88 Å². The van der Waals surface area contributed by atoms with Gasteiger partial charge >= 0.3 is 4.87 Å². The van der Waals surface area contributed by atoms with Crippen LogP contribution in [0.2, 0.25) is 5.02 Å². The van der Waals surface area contributed by atoms with E-state index in [4.69, 9.17) is 11.6 Å². The number of thioether (sulfide) groups is 1. The fourth-order valence-corrected chi connectivity index (χ4v) is 6.94. The Balaban J connectivity index is 1.52. The molecule has 0 unspecified atom stereocenters. The number of thiazole rings is 1. The molecule has 10 heteroatoms. The van der Waals surface area contributed by atoms with Crippen LogP contribution in [-0.4, -0.2) is 27.5 Å². The Bertz CT molecular complexity index is 1290. The van der Waals surface area contributed by atoms with Gasteiger partial charge in [-0.05, 0) is 29.8 Å². The summed E-state index contributed by atoms with van der Waals surface area (Å²) >= 11 is 8.08. The molecule has 2 aliphatic heterocycles. The fraction of sp³-hybridized carbons (Fsp3) is 0.182. The minimum absolute atomic E-state index is 0.200. The molecule has 0 aliphatic carbocycles. The van der Waals surface area contributed by atoms with Crippen molar-refractivity contribution in [3.63, 3.8) is 0 Å². The highest BCUT2D eigenvalue weighted by Gasteiger charge is 2.52. The Kier molecular flexibility index (Phi) is 5.40. The average molecular weight is 486 g/mol. The van der Waals surface area contributed by atoms with Crippen LogP contribution in [-0.2, 0) is 20.9 Å². The number of rotatable bonds is 4. The van der Waals surface area contributed by atoms with Gasteiger partial charge in [0.2, 0.25) is 17.7 Å². The molecular weight excluding hydrogens is 470 g/mol. The number of carbonyl (C=O) groups is 3. The lowest BCUT2D eigenvalue weighted by Crippen LogP contribution is -2.32. The molecule has 0 bridgehead atoms. The van der Waals surface area contributed by atoms with Gasteiger partial charge in [-0.15, -0.1) is 0 Å². The molecule has 3 heterocycles. The lowest BCUT2D eigenvalue weighted by Gasteiger charge is -2.30. The van der Waals surface area contributed by atoms with Gasteiger partial charge in [-0.1, -0.05) is 65.0 Å². The van der Waals surface area contributed by atoms with Crippen molar-refractivity contribution < 1.29 is 14.4 Å². The average Bonchev–Trinajstić information content (AvgIpc) is 3.24. The Morgan fingerprint density at radius 1 is 1.03 bits per heavy atom. The number of hydrogen-bond acceptors (Lipinski definition) is 6. The summed E-state index contributed by atoms with van der Waals surface area (Å²) in [5.41, 5.74) is 1.42. The van der Waals surface area contributed by atoms with Crippen molar-refractivity contribution in [3.05, 3.63) is 79.7 Å². The van der Waals surface area contributed by atoms with Gasteiger partial charge < -0.3 is 5.32 Å². The van der Waals surface area contributed by atoms with Gasteiger partial charge in [0.15, 0.2) is 0 Å². The maximum atomic E-state index is 12.9. The maximum Gasteiger partial charge on any atom is 0.308 e.